The van der Waals surface area contributed by atoms with Crippen LogP contribution in [-0.2, 0) is 9.53 Å². The maximum Gasteiger partial charge on any atom is 0.338 e. The minimum absolute atomic E-state index is 0.263. The van der Waals surface area contributed by atoms with Gasteiger partial charge >= 0.3 is 12.0 Å². The highest BCUT2D eigenvalue weighted by Crippen LogP contribution is 2.31. The van der Waals surface area contributed by atoms with Gasteiger partial charge in [0.1, 0.15) is 0 Å². The summed E-state index contributed by atoms with van der Waals surface area (Å²) in [5.74, 6) is -0.429. The number of esters is 1. The maximum atomic E-state index is 12.2. The Labute approximate surface area is 128 Å². The van der Waals surface area contributed by atoms with Crippen molar-refractivity contribution in [1.29, 1.82) is 0 Å². The third kappa shape index (κ3) is 3.03. The van der Waals surface area contributed by atoms with E-state index in [1.165, 1.54) is 4.90 Å². The normalized spacial score (nSPS) is 18.6. The molecule has 1 unspecified atom stereocenters. The van der Waals surface area contributed by atoms with Crippen LogP contribution in [0, 0.1) is 0 Å². The number of benzene rings is 1. The lowest BCUT2D eigenvalue weighted by atomic mass is 9.95. The highest BCUT2D eigenvalue weighted by Gasteiger charge is 2.34. The molecular formula is C15H17ClN2O3. The third-order valence-electron chi connectivity index (χ3n) is 3.45. The number of nitrogens with zero attached hydrogens (tertiary/aromatic N) is 1. The molecule has 1 aromatic carbocycles. The van der Waals surface area contributed by atoms with Crippen molar-refractivity contribution in [2.45, 2.75) is 19.9 Å². The van der Waals surface area contributed by atoms with Crippen LogP contribution in [0.4, 0.5) is 4.79 Å². The van der Waals surface area contributed by atoms with Gasteiger partial charge in [-0.15, -0.1) is 0 Å². The van der Waals surface area contributed by atoms with Crippen molar-refractivity contribution >= 4 is 23.6 Å². The fraction of sp³-hybridized carbons (Fsp3) is 0.333. The summed E-state index contributed by atoms with van der Waals surface area (Å²) in [6.45, 7) is 3.75. The second-order valence-electron chi connectivity index (χ2n) is 4.71. The number of rotatable bonds is 3. The van der Waals surface area contributed by atoms with Crippen molar-refractivity contribution in [2.75, 3.05) is 13.7 Å². The van der Waals surface area contributed by atoms with Crippen LogP contribution in [0.5, 0.6) is 0 Å². The Morgan fingerprint density at radius 2 is 2.00 bits per heavy atom. The minimum atomic E-state index is -0.537. The molecule has 0 bridgehead atoms. The predicted octanol–water partition coefficient (Wildman–Crippen LogP) is 2.87. The number of carbonyl (C=O) groups is 2. The summed E-state index contributed by atoms with van der Waals surface area (Å²) in [6.07, 6.45) is 0. The summed E-state index contributed by atoms with van der Waals surface area (Å²) < 4.78 is 5.11. The molecular weight excluding hydrogens is 292 g/mol. The van der Waals surface area contributed by atoms with Crippen LogP contribution in [0.3, 0.4) is 0 Å². The summed E-state index contributed by atoms with van der Waals surface area (Å²) in [4.78, 5) is 25.6. The first-order valence-corrected chi connectivity index (χ1v) is 7.01. The van der Waals surface area contributed by atoms with Gasteiger partial charge in [0.05, 0.1) is 18.2 Å². The molecule has 2 amide bonds. The van der Waals surface area contributed by atoms with Crippen molar-refractivity contribution in [1.82, 2.24) is 10.2 Å². The molecule has 0 aromatic heterocycles. The molecule has 0 aliphatic carbocycles. The highest BCUT2D eigenvalue weighted by molar-refractivity contribution is 6.30. The molecule has 0 saturated heterocycles. The van der Waals surface area contributed by atoms with E-state index in [0.717, 1.165) is 5.56 Å². The van der Waals surface area contributed by atoms with Crippen LogP contribution in [-0.4, -0.2) is 30.6 Å². The average Bonchev–Trinajstić information content (AvgIpc) is 2.45. The molecule has 1 aromatic rings. The first kappa shape index (κ1) is 15.4. The number of amides is 2. The van der Waals surface area contributed by atoms with Crippen LogP contribution in [0.1, 0.15) is 25.5 Å². The molecule has 1 N–H and O–H groups in total. The second kappa shape index (κ2) is 6.18. The van der Waals surface area contributed by atoms with E-state index in [4.69, 9.17) is 16.3 Å². The molecule has 1 heterocycles. The number of hydrogen-bond acceptors (Lipinski definition) is 3. The molecule has 1 aliphatic rings. The first-order chi connectivity index (χ1) is 9.95. The second-order valence-corrected chi connectivity index (χ2v) is 5.15. The van der Waals surface area contributed by atoms with Gasteiger partial charge in [0.2, 0.25) is 0 Å². The molecule has 112 valence electrons. The predicted molar refractivity (Wildman–Crippen MR) is 79.8 cm³/mol. The number of carbonyl (C=O) groups excluding carboxylic acids is 2. The maximum absolute atomic E-state index is 12.2. The summed E-state index contributed by atoms with van der Waals surface area (Å²) in [5.41, 5.74) is 1.79. The Balaban J connectivity index is 2.48. The molecule has 0 fully saturated rings. The smallest absolute Gasteiger partial charge is 0.338 e. The minimum Gasteiger partial charge on any atom is -0.463 e. The number of nitrogens with one attached hydrogen (secondary N) is 1. The van der Waals surface area contributed by atoms with Gasteiger partial charge in [-0.05, 0) is 31.5 Å². The lowest BCUT2D eigenvalue weighted by molar-refractivity contribution is -0.139. The quantitative estimate of drug-likeness (QED) is 0.874. The highest BCUT2D eigenvalue weighted by atomic mass is 35.5. The van der Waals surface area contributed by atoms with Crippen LogP contribution in [0.25, 0.3) is 0 Å². The summed E-state index contributed by atoms with van der Waals surface area (Å²) >= 11 is 5.88. The van der Waals surface area contributed by atoms with Gasteiger partial charge in [0.25, 0.3) is 0 Å². The molecule has 21 heavy (non-hydrogen) atoms. The van der Waals surface area contributed by atoms with Crippen LogP contribution in [0.15, 0.2) is 35.5 Å². The topological polar surface area (TPSA) is 58.6 Å². The fourth-order valence-electron chi connectivity index (χ4n) is 2.21. The van der Waals surface area contributed by atoms with Gasteiger partial charge in [-0.1, -0.05) is 23.7 Å². The van der Waals surface area contributed by atoms with Crippen LogP contribution in [0.2, 0.25) is 5.02 Å². The van der Waals surface area contributed by atoms with E-state index >= 15 is 0 Å². The lowest BCUT2D eigenvalue weighted by Crippen LogP contribution is -2.46. The zero-order chi connectivity index (χ0) is 15.6. The van der Waals surface area contributed by atoms with E-state index in [1.807, 2.05) is 0 Å². The Morgan fingerprint density at radius 3 is 2.57 bits per heavy atom. The summed E-state index contributed by atoms with van der Waals surface area (Å²) in [7, 11) is 1.61. The van der Waals surface area contributed by atoms with Gasteiger partial charge in [-0.3, -0.25) is 0 Å². The van der Waals surface area contributed by atoms with Gasteiger partial charge in [0.15, 0.2) is 0 Å². The third-order valence-corrected chi connectivity index (χ3v) is 3.70. The van der Waals surface area contributed by atoms with E-state index < -0.39 is 12.0 Å². The van der Waals surface area contributed by atoms with E-state index in [0.29, 0.717) is 16.3 Å². The van der Waals surface area contributed by atoms with Crippen molar-refractivity contribution < 1.29 is 14.3 Å². The van der Waals surface area contributed by atoms with Crippen LogP contribution >= 0.6 is 11.6 Å². The molecule has 2 rings (SSSR count). The Morgan fingerprint density at radius 1 is 1.38 bits per heavy atom. The largest absolute Gasteiger partial charge is 0.463 e. The first-order valence-electron chi connectivity index (χ1n) is 6.63. The standard InChI is InChI=1S/C15H17ClN2O3/c1-4-21-14(19)12-9(2)18(3)15(20)17-13(12)10-5-7-11(16)8-6-10/h5-8,13H,4H2,1-3H3,(H,17,20). The summed E-state index contributed by atoms with van der Waals surface area (Å²) in [5, 5.41) is 3.40. The fourth-order valence-corrected chi connectivity index (χ4v) is 2.34. The van der Waals surface area contributed by atoms with E-state index in [2.05, 4.69) is 5.32 Å². The number of hydrogen-bond donors (Lipinski definition) is 1. The zero-order valence-corrected chi connectivity index (χ0v) is 12.9. The van der Waals surface area contributed by atoms with Crippen molar-refractivity contribution in [3.63, 3.8) is 0 Å². The SMILES string of the molecule is CCOC(=O)C1=C(C)N(C)C(=O)NC1c1ccc(Cl)cc1. The average molecular weight is 309 g/mol. The number of ether oxygens (including phenoxy) is 1. The Hall–Kier alpha value is -2.01. The molecule has 0 spiro atoms. The monoisotopic (exact) mass is 308 g/mol. The van der Waals surface area contributed by atoms with Crippen molar-refractivity contribution in [3.05, 3.63) is 46.1 Å². The lowest BCUT2D eigenvalue weighted by Gasteiger charge is -2.33. The number of halogens is 1. The van der Waals surface area contributed by atoms with Gasteiger partial charge < -0.3 is 15.0 Å². The van der Waals surface area contributed by atoms with E-state index in [9.17, 15) is 9.59 Å². The van der Waals surface area contributed by atoms with E-state index in [1.54, 1.807) is 45.2 Å². The molecule has 0 saturated carbocycles. The zero-order valence-electron chi connectivity index (χ0n) is 12.1. The van der Waals surface area contributed by atoms with Crippen LogP contribution < -0.4 is 5.32 Å². The number of urea groups is 1. The van der Waals surface area contributed by atoms with Gasteiger partial charge in [-0.2, -0.15) is 0 Å². The summed E-state index contributed by atoms with van der Waals surface area (Å²) in [6, 6.07) is 6.21. The molecule has 0 radical (unpaired) electrons. The Bertz CT molecular complexity index is 595. The van der Waals surface area contributed by atoms with Crippen molar-refractivity contribution in [2.24, 2.45) is 0 Å². The van der Waals surface area contributed by atoms with E-state index in [-0.39, 0.29) is 12.6 Å². The molecule has 6 heteroatoms. The molecule has 1 atom stereocenters. The van der Waals surface area contributed by atoms with Gasteiger partial charge in [-0.25, -0.2) is 9.59 Å². The Kier molecular flexibility index (Phi) is 4.53. The molecule has 5 nitrogen and oxygen atoms in total. The van der Waals surface area contributed by atoms with Gasteiger partial charge in [0, 0.05) is 17.8 Å². The van der Waals surface area contributed by atoms with Crippen molar-refractivity contribution in [3.8, 4) is 0 Å². The number of allylic oxidation sites excluding steroid dienone is 1. The molecule has 1 aliphatic heterocycles.